The Labute approximate surface area is 115 Å². The molecule has 1 aliphatic carbocycles. The minimum absolute atomic E-state index is 0.278. The maximum Gasteiger partial charge on any atom is 0.222 e. The molecular formula is C15H25N3O. The summed E-state index contributed by atoms with van der Waals surface area (Å²) in [7, 11) is 0. The van der Waals surface area contributed by atoms with Crippen molar-refractivity contribution in [3.63, 3.8) is 0 Å². The Hall–Kier alpha value is -1.32. The van der Waals surface area contributed by atoms with Gasteiger partial charge in [-0.25, -0.2) is 9.97 Å². The number of anilines is 1. The quantitative estimate of drug-likeness (QED) is 0.902. The molecule has 0 saturated heterocycles. The van der Waals surface area contributed by atoms with Gasteiger partial charge in [-0.15, -0.1) is 0 Å². The van der Waals surface area contributed by atoms with Gasteiger partial charge < -0.3 is 10.5 Å². The van der Waals surface area contributed by atoms with Crippen LogP contribution in [0.15, 0.2) is 6.33 Å². The Balaban J connectivity index is 2.20. The molecule has 4 nitrogen and oxygen atoms in total. The number of nitrogens with two attached hydrogens (primary N) is 1. The van der Waals surface area contributed by atoms with Gasteiger partial charge in [0.2, 0.25) is 5.88 Å². The first-order valence-corrected chi connectivity index (χ1v) is 7.40. The van der Waals surface area contributed by atoms with Crippen molar-refractivity contribution >= 4 is 5.82 Å². The molecule has 0 spiro atoms. The molecule has 0 aromatic carbocycles. The molecule has 2 unspecified atom stereocenters. The molecule has 106 valence electrons. The number of ether oxygens (including phenoxy) is 1. The lowest BCUT2D eigenvalue weighted by atomic mass is 9.85. The predicted octanol–water partition coefficient (Wildman–Crippen LogP) is 3.53. The van der Waals surface area contributed by atoms with E-state index in [1.54, 1.807) is 0 Å². The summed E-state index contributed by atoms with van der Waals surface area (Å²) in [6.07, 6.45) is 7.91. The Morgan fingerprint density at radius 3 is 2.74 bits per heavy atom. The second-order valence-electron chi connectivity index (χ2n) is 5.74. The zero-order valence-corrected chi connectivity index (χ0v) is 12.2. The van der Waals surface area contributed by atoms with Crippen LogP contribution in [0.3, 0.4) is 0 Å². The van der Waals surface area contributed by atoms with Gasteiger partial charge in [0.25, 0.3) is 0 Å². The third-order valence-corrected chi connectivity index (χ3v) is 4.08. The standard InChI is InChI=1S/C15H25N3O/c1-4-11-7-5-6-8-12(11)19-15-13(10(2)3)14(16)17-9-18-15/h9-12H,4-8H2,1-3H3,(H2,16,17,18). The number of rotatable bonds is 4. The van der Waals surface area contributed by atoms with E-state index in [9.17, 15) is 0 Å². The van der Waals surface area contributed by atoms with Gasteiger partial charge in [0.1, 0.15) is 18.2 Å². The number of hydrogen-bond acceptors (Lipinski definition) is 4. The molecule has 1 aromatic heterocycles. The summed E-state index contributed by atoms with van der Waals surface area (Å²) in [4.78, 5) is 8.39. The Bertz CT molecular complexity index is 420. The fourth-order valence-electron chi connectivity index (χ4n) is 2.97. The van der Waals surface area contributed by atoms with Crippen molar-refractivity contribution in [3.8, 4) is 5.88 Å². The molecule has 1 saturated carbocycles. The molecule has 2 atom stereocenters. The molecule has 2 rings (SSSR count). The highest BCUT2D eigenvalue weighted by molar-refractivity contribution is 5.46. The second-order valence-corrected chi connectivity index (χ2v) is 5.74. The highest BCUT2D eigenvalue weighted by Crippen LogP contribution is 2.34. The SMILES string of the molecule is CCC1CCCCC1Oc1ncnc(N)c1C(C)C. The van der Waals surface area contributed by atoms with E-state index < -0.39 is 0 Å². The van der Waals surface area contributed by atoms with Crippen LogP contribution in [0, 0.1) is 5.92 Å². The predicted molar refractivity (Wildman–Crippen MR) is 77.2 cm³/mol. The van der Waals surface area contributed by atoms with Crippen LogP contribution in [0.1, 0.15) is 64.4 Å². The monoisotopic (exact) mass is 263 g/mol. The summed E-state index contributed by atoms with van der Waals surface area (Å²) in [5.74, 6) is 2.15. The van der Waals surface area contributed by atoms with Crippen LogP contribution in [-0.2, 0) is 0 Å². The lowest BCUT2D eigenvalue weighted by molar-refractivity contribution is 0.0844. The van der Waals surface area contributed by atoms with E-state index in [1.807, 2.05) is 0 Å². The maximum atomic E-state index is 6.20. The smallest absolute Gasteiger partial charge is 0.222 e. The lowest BCUT2D eigenvalue weighted by Gasteiger charge is -2.31. The minimum atomic E-state index is 0.278. The van der Waals surface area contributed by atoms with E-state index in [1.165, 1.54) is 32.0 Å². The first-order chi connectivity index (χ1) is 9.13. The third-order valence-electron chi connectivity index (χ3n) is 4.08. The molecule has 2 N–H and O–H groups in total. The first kappa shape index (κ1) is 14.1. The zero-order valence-electron chi connectivity index (χ0n) is 12.2. The Morgan fingerprint density at radius 1 is 1.32 bits per heavy atom. The van der Waals surface area contributed by atoms with Crippen molar-refractivity contribution in [2.24, 2.45) is 5.92 Å². The maximum absolute atomic E-state index is 6.20. The van der Waals surface area contributed by atoms with Crippen molar-refractivity contribution in [2.75, 3.05) is 5.73 Å². The van der Waals surface area contributed by atoms with E-state index >= 15 is 0 Å². The summed E-state index contributed by atoms with van der Waals surface area (Å²) < 4.78 is 6.20. The van der Waals surface area contributed by atoms with Gasteiger partial charge in [-0.2, -0.15) is 0 Å². The minimum Gasteiger partial charge on any atom is -0.474 e. The average Bonchev–Trinajstić information content (AvgIpc) is 2.39. The van der Waals surface area contributed by atoms with Crippen molar-refractivity contribution in [2.45, 2.75) is 64.9 Å². The van der Waals surface area contributed by atoms with Crippen LogP contribution < -0.4 is 10.5 Å². The van der Waals surface area contributed by atoms with Gasteiger partial charge in [0, 0.05) is 0 Å². The molecule has 4 heteroatoms. The first-order valence-electron chi connectivity index (χ1n) is 7.40. The molecule has 1 aliphatic rings. The fraction of sp³-hybridized carbons (Fsp3) is 0.733. The normalized spacial score (nSPS) is 23.6. The zero-order chi connectivity index (χ0) is 13.8. The number of nitrogens with zero attached hydrogens (tertiary/aromatic N) is 2. The van der Waals surface area contributed by atoms with Gasteiger partial charge in [-0.3, -0.25) is 0 Å². The van der Waals surface area contributed by atoms with E-state index in [2.05, 4.69) is 30.7 Å². The second kappa shape index (κ2) is 6.22. The van der Waals surface area contributed by atoms with Gasteiger partial charge in [0.05, 0.1) is 5.56 Å². The lowest BCUT2D eigenvalue weighted by Crippen LogP contribution is -2.30. The van der Waals surface area contributed by atoms with Crippen LogP contribution >= 0.6 is 0 Å². The Kier molecular flexibility index (Phi) is 4.61. The third kappa shape index (κ3) is 3.17. The van der Waals surface area contributed by atoms with Gasteiger partial charge in [0.15, 0.2) is 0 Å². The van der Waals surface area contributed by atoms with Crippen LogP contribution in [0.25, 0.3) is 0 Å². The number of aromatic nitrogens is 2. The topological polar surface area (TPSA) is 61.0 Å². The highest BCUT2D eigenvalue weighted by Gasteiger charge is 2.27. The van der Waals surface area contributed by atoms with Gasteiger partial charge in [-0.05, 0) is 37.5 Å². The van der Waals surface area contributed by atoms with Gasteiger partial charge >= 0.3 is 0 Å². The molecule has 1 aromatic rings. The number of hydrogen-bond donors (Lipinski definition) is 1. The molecule has 1 heterocycles. The molecule has 0 amide bonds. The molecule has 1 fully saturated rings. The summed E-state index contributed by atoms with van der Waals surface area (Å²) in [5, 5.41) is 0. The van der Waals surface area contributed by atoms with Crippen molar-refractivity contribution in [1.82, 2.24) is 9.97 Å². The fourth-order valence-corrected chi connectivity index (χ4v) is 2.97. The number of nitrogen functional groups attached to an aromatic ring is 1. The van der Waals surface area contributed by atoms with Gasteiger partial charge in [-0.1, -0.05) is 27.2 Å². The van der Waals surface area contributed by atoms with Crippen LogP contribution in [-0.4, -0.2) is 16.1 Å². The highest BCUT2D eigenvalue weighted by atomic mass is 16.5. The van der Waals surface area contributed by atoms with Crippen molar-refractivity contribution < 1.29 is 4.74 Å². The van der Waals surface area contributed by atoms with E-state index in [-0.39, 0.29) is 12.0 Å². The van der Waals surface area contributed by atoms with E-state index in [0.717, 1.165) is 12.0 Å². The van der Waals surface area contributed by atoms with E-state index in [4.69, 9.17) is 10.5 Å². The van der Waals surface area contributed by atoms with Crippen molar-refractivity contribution in [1.29, 1.82) is 0 Å². The molecule has 0 radical (unpaired) electrons. The molecular weight excluding hydrogens is 238 g/mol. The summed E-state index contributed by atoms with van der Waals surface area (Å²) >= 11 is 0. The molecule has 19 heavy (non-hydrogen) atoms. The summed E-state index contributed by atoms with van der Waals surface area (Å²) in [6.45, 7) is 6.43. The summed E-state index contributed by atoms with van der Waals surface area (Å²) in [5.41, 5.74) is 6.91. The van der Waals surface area contributed by atoms with Crippen molar-refractivity contribution in [3.05, 3.63) is 11.9 Å². The molecule has 0 bridgehead atoms. The van der Waals surface area contributed by atoms with Crippen LogP contribution in [0.4, 0.5) is 5.82 Å². The van der Waals surface area contributed by atoms with E-state index in [0.29, 0.717) is 17.6 Å². The summed E-state index contributed by atoms with van der Waals surface area (Å²) in [6, 6.07) is 0. The van der Waals surface area contributed by atoms with Crippen LogP contribution in [0.2, 0.25) is 0 Å². The Morgan fingerprint density at radius 2 is 2.05 bits per heavy atom. The largest absolute Gasteiger partial charge is 0.474 e. The molecule has 0 aliphatic heterocycles. The average molecular weight is 263 g/mol. The van der Waals surface area contributed by atoms with Crippen LogP contribution in [0.5, 0.6) is 5.88 Å².